The predicted molar refractivity (Wildman–Crippen MR) is 154 cm³/mol. The molecule has 4 aliphatic carbocycles. The summed E-state index contributed by atoms with van der Waals surface area (Å²) in [6, 6.07) is 24.1. The molecule has 1 aliphatic heterocycles. The van der Waals surface area contributed by atoms with Crippen molar-refractivity contribution in [3.05, 3.63) is 100 Å². The molecule has 2 aromatic carbocycles. The number of rotatable bonds is 6. The lowest BCUT2D eigenvalue weighted by Gasteiger charge is -2.53. The van der Waals surface area contributed by atoms with Crippen LogP contribution in [-0.2, 0) is 10.2 Å². The Morgan fingerprint density at radius 1 is 0.974 bits per heavy atom. The van der Waals surface area contributed by atoms with Crippen LogP contribution >= 0.6 is 11.6 Å². The number of carbonyl (C=O) groups is 1. The molecule has 8 rings (SSSR count). The number of benzene rings is 2. The zero-order valence-electron chi connectivity index (χ0n) is 22.7. The first-order valence-electron chi connectivity index (χ1n) is 14.6. The number of aromatic nitrogens is 1. The molecule has 0 N–H and O–H groups in total. The van der Waals surface area contributed by atoms with Gasteiger partial charge in [-0.25, -0.2) is 9.78 Å². The summed E-state index contributed by atoms with van der Waals surface area (Å²) in [5.41, 5.74) is 4.99. The summed E-state index contributed by atoms with van der Waals surface area (Å²) in [5.74, 6) is 1.45. The van der Waals surface area contributed by atoms with Crippen LogP contribution in [0.25, 0.3) is 0 Å². The van der Waals surface area contributed by atoms with E-state index in [2.05, 4.69) is 58.4 Å². The second-order valence-corrected chi connectivity index (χ2v) is 13.0. The first-order chi connectivity index (χ1) is 19.0. The fourth-order valence-electron chi connectivity index (χ4n) is 9.35. The van der Waals surface area contributed by atoms with Crippen LogP contribution in [0.1, 0.15) is 84.0 Å². The molecule has 3 atom stereocenters. The van der Waals surface area contributed by atoms with E-state index in [4.69, 9.17) is 16.3 Å². The minimum absolute atomic E-state index is 0.0405. The Bertz CT molecular complexity index is 1330. The lowest BCUT2D eigenvalue weighted by molar-refractivity contribution is 0.0253. The highest BCUT2D eigenvalue weighted by atomic mass is 35.5. The number of esters is 1. The Morgan fingerprint density at radius 3 is 2.38 bits per heavy atom. The van der Waals surface area contributed by atoms with E-state index in [1.165, 1.54) is 62.4 Å². The van der Waals surface area contributed by atoms with Crippen molar-refractivity contribution in [2.45, 2.75) is 62.3 Å². The van der Waals surface area contributed by atoms with Gasteiger partial charge in [-0.3, -0.25) is 4.90 Å². The molecule has 2 heterocycles. The minimum Gasteiger partial charge on any atom is -0.465 e. The Kier molecular flexibility index (Phi) is 6.32. The minimum atomic E-state index is -0.284. The number of nitrogens with zero attached hydrogens (tertiary/aromatic N) is 2. The summed E-state index contributed by atoms with van der Waals surface area (Å²) in [6.07, 6.45) is 11.3. The summed E-state index contributed by atoms with van der Waals surface area (Å²) >= 11 is 6.26. The number of carbonyl (C=O) groups excluding carboxylic acids is 1. The third kappa shape index (κ3) is 3.97. The van der Waals surface area contributed by atoms with E-state index in [1.807, 2.05) is 24.4 Å². The molecular weight excluding hydrogens is 504 g/mol. The van der Waals surface area contributed by atoms with Gasteiger partial charge in [0.15, 0.2) is 0 Å². The van der Waals surface area contributed by atoms with Crippen molar-refractivity contribution < 1.29 is 9.53 Å². The molecule has 3 aromatic rings. The zero-order chi connectivity index (χ0) is 26.6. The van der Waals surface area contributed by atoms with E-state index < -0.39 is 0 Å². The molecule has 5 aliphatic rings. The molecule has 39 heavy (non-hydrogen) atoms. The normalized spacial score (nSPS) is 32.0. The molecule has 1 spiro atoms. The predicted octanol–water partition coefficient (Wildman–Crippen LogP) is 7.59. The number of pyridine rings is 1. The van der Waals surface area contributed by atoms with Gasteiger partial charge in [0.1, 0.15) is 5.15 Å². The van der Waals surface area contributed by atoms with Gasteiger partial charge in [0.05, 0.1) is 12.7 Å². The Balaban J connectivity index is 1.30. The molecule has 4 saturated carbocycles. The largest absolute Gasteiger partial charge is 0.465 e. The fourth-order valence-corrected chi connectivity index (χ4v) is 9.46. The topological polar surface area (TPSA) is 42.4 Å². The Morgan fingerprint density at radius 2 is 1.72 bits per heavy atom. The van der Waals surface area contributed by atoms with Crippen LogP contribution < -0.4 is 0 Å². The molecule has 2 bridgehead atoms. The van der Waals surface area contributed by atoms with Gasteiger partial charge in [0, 0.05) is 30.7 Å². The van der Waals surface area contributed by atoms with Crippen LogP contribution in [0.15, 0.2) is 72.9 Å². The summed E-state index contributed by atoms with van der Waals surface area (Å²) < 4.78 is 4.97. The molecule has 1 aromatic heterocycles. The highest BCUT2D eigenvalue weighted by Crippen LogP contribution is 2.82. The fraction of sp³-hybridized carbons (Fsp3) is 0.471. The monoisotopic (exact) mass is 540 g/mol. The summed E-state index contributed by atoms with van der Waals surface area (Å²) in [5, 5.41) is 0.544. The van der Waals surface area contributed by atoms with Crippen LogP contribution in [0.3, 0.4) is 0 Å². The van der Waals surface area contributed by atoms with Crippen LogP contribution in [-0.4, -0.2) is 36.1 Å². The van der Waals surface area contributed by atoms with Crippen molar-refractivity contribution in [1.82, 2.24) is 9.88 Å². The van der Waals surface area contributed by atoms with Gasteiger partial charge in [0.2, 0.25) is 0 Å². The molecule has 0 radical (unpaired) electrons. The summed E-state index contributed by atoms with van der Waals surface area (Å²) in [6.45, 7) is 2.34. The average Bonchev–Trinajstić information content (AvgIpc) is 3.52. The molecule has 1 unspecified atom stereocenters. The van der Waals surface area contributed by atoms with E-state index >= 15 is 0 Å². The van der Waals surface area contributed by atoms with Gasteiger partial charge in [-0.15, -0.1) is 0 Å². The number of methoxy groups -OCH3 is 1. The third-order valence-electron chi connectivity index (χ3n) is 10.7. The summed E-state index contributed by atoms with van der Waals surface area (Å²) in [4.78, 5) is 19.6. The van der Waals surface area contributed by atoms with Crippen LogP contribution in [0.2, 0.25) is 5.15 Å². The maximum Gasteiger partial charge on any atom is 0.337 e. The standard InChI is InChI=1S/C34H37ClN2O2/c1-39-32(38)25-12-15-27(16-13-25)33-21-34(22-33)28(30(33)26-14-17-29(35)36-18-26)20-37(19-23-8-4-2-5-9-23)31(34)24-10-6-3-7-11-24/h3,6-7,10-18,23,28,30-31H,2,4-5,8-9,19-22H2,1H3/t28-,30?,31-,33?,34?/m1/s1. The highest BCUT2D eigenvalue weighted by molar-refractivity contribution is 6.29. The maximum atomic E-state index is 12.2. The third-order valence-corrected chi connectivity index (χ3v) is 10.9. The maximum absolute atomic E-state index is 12.2. The van der Waals surface area contributed by atoms with E-state index in [9.17, 15) is 4.79 Å². The highest BCUT2D eigenvalue weighted by Gasteiger charge is 2.77. The van der Waals surface area contributed by atoms with E-state index in [0.717, 1.165) is 25.3 Å². The molecule has 4 nitrogen and oxygen atoms in total. The molecule has 5 heteroatoms. The first-order valence-corrected chi connectivity index (χ1v) is 15.0. The zero-order valence-corrected chi connectivity index (χ0v) is 23.4. The van der Waals surface area contributed by atoms with Gasteiger partial charge in [0.25, 0.3) is 0 Å². The Hall–Kier alpha value is -2.69. The van der Waals surface area contributed by atoms with Gasteiger partial charge < -0.3 is 4.74 Å². The molecule has 0 amide bonds. The van der Waals surface area contributed by atoms with E-state index in [0.29, 0.717) is 28.6 Å². The number of halogens is 1. The second-order valence-electron chi connectivity index (χ2n) is 12.6. The van der Waals surface area contributed by atoms with Crippen molar-refractivity contribution >= 4 is 17.6 Å². The van der Waals surface area contributed by atoms with Crippen molar-refractivity contribution in [1.29, 1.82) is 0 Å². The number of ether oxygens (including phenoxy) is 1. The average molecular weight is 541 g/mol. The molecule has 202 valence electrons. The first kappa shape index (κ1) is 25.3. The van der Waals surface area contributed by atoms with E-state index in [-0.39, 0.29) is 16.8 Å². The quantitative estimate of drug-likeness (QED) is 0.238. The lowest BCUT2D eigenvalue weighted by Crippen LogP contribution is -2.48. The van der Waals surface area contributed by atoms with Crippen molar-refractivity contribution in [2.24, 2.45) is 17.3 Å². The molecular formula is C34H37ClN2O2. The number of hydrogen-bond donors (Lipinski definition) is 0. The van der Waals surface area contributed by atoms with Gasteiger partial charge in [-0.2, -0.15) is 0 Å². The van der Waals surface area contributed by atoms with Crippen molar-refractivity contribution in [3.63, 3.8) is 0 Å². The Labute approximate surface area is 236 Å². The second kappa shape index (κ2) is 9.74. The van der Waals surface area contributed by atoms with Gasteiger partial charge in [-0.05, 0) is 83.7 Å². The van der Waals surface area contributed by atoms with Crippen LogP contribution in [0.5, 0.6) is 0 Å². The SMILES string of the molecule is COC(=O)c1ccc(C23CC4(C2)[C@H](CN(CC2CCCCC2)[C@@H]4c2ccccc2)C3c2ccc(Cl)nc2)cc1. The van der Waals surface area contributed by atoms with Crippen molar-refractivity contribution in [2.75, 3.05) is 20.2 Å². The van der Waals surface area contributed by atoms with Crippen LogP contribution in [0, 0.1) is 17.3 Å². The number of likely N-dealkylation sites (tertiary alicyclic amines) is 1. The molecule has 1 saturated heterocycles. The molecule has 5 fully saturated rings. The lowest BCUT2D eigenvalue weighted by atomic mass is 9.52. The van der Waals surface area contributed by atoms with Gasteiger partial charge in [-0.1, -0.05) is 79.4 Å². The van der Waals surface area contributed by atoms with E-state index in [1.54, 1.807) is 0 Å². The van der Waals surface area contributed by atoms with Gasteiger partial charge >= 0.3 is 5.97 Å². The van der Waals surface area contributed by atoms with Crippen LogP contribution in [0.4, 0.5) is 0 Å². The smallest absolute Gasteiger partial charge is 0.337 e. The number of hydrogen-bond acceptors (Lipinski definition) is 4. The van der Waals surface area contributed by atoms with Crippen molar-refractivity contribution in [3.8, 4) is 0 Å². The summed E-state index contributed by atoms with van der Waals surface area (Å²) in [7, 11) is 1.44.